The lowest BCUT2D eigenvalue weighted by Gasteiger charge is -2.35. The highest BCUT2D eigenvalue weighted by Crippen LogP contribution is 2.33. The number of aromatic nitrogens is 3. The number of anilines is 1. The van der Waals surface area contributed by atoms with Crippen LogP contribution in [0.3, 0.4) is 0 Å². The monoisotopic (exact) mass is 546 g/mol. The van der Waals surface area contributed by atoms with Crippen molar-refractivity contribution in [1.82, 2.24) is 25.3 Å². The van der Waals surface area contributed by atoms with Crippen LogP contribution in [0.4, 0.5) is 14.6 Å². The van der Waals surface area contributed by atoms with Crippen molar-refractivity contribution >= 4 is 5.82 Å². The molecule has 0 spiro atoms. The summed E-state index contributed by atoms with van der Waals surface area (Å²) in [6.45, 7) is 7.44. The van der Waals surface area contributed by atoms with Crippen molar-refractivity contribution in [3.8, 4) is 28.4 Å². The Morgan fingerprint density at radius 2 is 2.05 bits per heavy atom. The summed E-state index contributed by atoms with van der Waals surface area (Å²) >= 11 is 0. The van der Waals surface area contributed by atoms with Gasteiger partial charge in [-0.25, -0.2) is 18.7 Å². The fourth-order valence-corrected chi connectivity index (χ4v) is 4.60. The summed E-state index contributed by atoms with van der Waals surface area (Å²) in [7, 11) is 1.76. The first kappa shape index (κ1) is 28.8. The van der Waals surface area contributed by atoms with Crippen LogP contribution in [0, 0.1) is 20.8 Å². The van der Waals surface area contributed by atoms with E-state index in [1.807, 2.05) is 39.0 Å². The van der Waals surface area contributed by atoms with E-state index < -0.39 is 12.5 Å². The molecule has 3 aromatic rings. The minimum absolute atomic E-state index is 0.134. The van der Waals surface area contributed by atoms with E-state index in [9.17, 15) is 13.9 Å². The molecule has 3 N–H and O–H groups in total. The lowest BCUT2D eigenvalue weighted by molar-refractivity contribution is -0.0280. The Bertz CT molecular complexity index is 1220. The van der Waals surface area contributed by atoms with Gasteiger partial charge < -0.3 is 29.7 Å². The van der Waals surface area contributed by atoms with Crippen LogP contribution in [-0.2, 0) is 4.74 Å². The number of aryl methyl sites for hydroxylation is 2. The molecule has 1 fully saturated rings. The van der Waals surface area contributed by atoms with E-state index in [1.54, 1.807) is 18.0 Å². The third kappa shape index (κ3) is 7.27. The van der Waals surface area contributed by atoms with Crippen LogP contribution < -0.4 is 15.4 Å². The summed E-state index contributed by atoms with van der Waals surface area (Å²) in [5.41, 5.74) is 3.64. The highest BCUT2D eigenvalue weighted by atomic mass is 19.3. The number of morpholine rings is 1. The molecule has 1 saturated heterocycles. The molecule has 2 unspecified atom stereocenters. The van der Waals surface area contributed by atoms with Crippen LogP contribution in [0.5, 0.6) is 5.75 Å². The zero-order chi connectivity index (χ0) is 27.9. The average molecular weight is 547 g/mol. The van der Waals surface area contributed by atoms with E-state index in [-0.39, 0.29) is 19.2 Å². The van der Waals surface area contributed by atoms with Crippen LogP contribution >= 0.6 is 0 Å². The van der Waals surface area contributed by atoms with Crippen LogP contribution in [0.2, 0.25) is 0 Å². The minimum Gasteiger partial charge on any atom is -0.491 e. The second kappa shape index (κ2) is 13.2. The predicted molar refractivity (Wildman–Crippen MR) is 143 cm³/mol. The van der Waals surface area contributed by atoms with E-state index in [1.165, 1.54) is 0 Å². The number of halogens is 2. The SMILES string of the molecule is CNCC(O)COc1cccc(-c2nc(NCC3COCCN3CC(F)F)c(C)c(-c3c(C)noc3C)n2)c1. The van der Waals surface area contributed by atoms with Gasteiger partial charge in [0, 0.05) is 30.8 Å². The van der Waals surface area contributed by atoms with E-state index in [2.05, 4.69) is 15.8 Å². The van der Waals surface area contributed by atoms with Gasteiger partial charge in [-0.05, 0) is 40.0 Å². The van der Waals surface area contributed by atoms with Crippen molar-refractivity contribution in [1.29, 1.82) is 0 Å². The van der Waals surface area contributed by atoms with Gasteiger partial charge in [0.15, 0.2) is 5.82 Å². The number of likely N-dealkylation sites (N-methyl/N-ethyl adjacent to an activating group) is 1. The van der Waals surface area contributed by atoms with Gasteiger partial charge in [0.1, 0.15) is 30.0 Å². The second-order valence-corrected chi connectivity index (χ2v) is 9.61. The maximum atomic E-state index is 13.2. The molecule has 12 heteroatoms. The number of aliphatic hydroxyl groups excluding tert-OH is 1. The van der Waals surface area contributed by atoms with Crippen molar-refractivity contribution in [2.75, 3.05) is 58.4 Å². The smallest absolute Gasteiger partial charge is 0.251 e. The van der Waals surface area contributed by atoms with Gasteiger partial charge in [0.25, 0.3) is 6.43 Å². The number of ether oxygens (including phenoxy) is 2. The summed E-state index contributed by atoms with van der Waals surface area (Å²) < 4.78 is 43.1. The molecule has 3 heterocycles. The molecule has 39 heavy (non-hydrogen) atoms. The molecule has 0 saturated carbocycles. The first-order valence-electron chi connectivity index (χ1n) is 13.0. The summed E-state index contributed by atoms with van der Waals surface area (Å²) in [5.74, 6) is 2.23. The first-order valence-corrected chi connectivity index (χ1v) is 13.0. The molecule has 2 aromatic heterocycles. The number of hydrogen-bond donors (Lipinski definition) is 3. The molecule has 1 aliphatic heterocycles. The van der Waals surface area contributed by atoms with Crippen molar-refractivity contribution in [2.45, 2.75) is 39.3 Å². The molecule has 1 aromatic carbocycles. The van der Waals surface area contributed by atoms with Gasteiger partial charge in [-0.15, -0.1) is 0 Å². The lowest BCUT2D eigenvalue weighted by atomic mass is 10.0. The molecule has 0 amide bonds. The van der Waals surface area contributed by atoms with E-state index in [0.717, 1.165) is 11.1 Å². The maximum Gasteiger partial charge on any atom is 0.251 e. The topological polar surface area (TPSA) is 118 Å². The summed E-state index contributed by atoms with van der Waals surface area (Å²) in [6.07, 6.45) is -3.07. The Hall–Kier alpha value is -3.19. The molecule has 4 rings (SSSR count). The normalized spacial score (nSPS) is 17.0. The minimum atomic E-state index is -2.42. The first-order chi connectivity index (χ1) is 18.8. The van der Waals surface area contributed by atoms with Crippen LogP contribution in [0.25, 0.3) is 22.6 Å². The summed E-state index contributed by atoms with van der Waals surface area (Å²) in [4.78, 5) is 11.4. The molecule has 0 radical (unpaired) electrons. The lowest BCUT2D eigenvalue weighted by Crippen LogP contribution is -2.50. The molecule has 10 nitrogen and oxygen atoms in total. The number of aliphatic hydroxyl groups is 1. The summed E-state index contributed by atoms with van der Waals surface area (Å²) in [6, 6.07) is 7.11. The molecular weight excluding hydrogens is 510 g/mol. The fourth-order valence-electron chi connectivity index (χ4n) is 4.60. The van der Waals surface area contributed by atoms with Crippen molar-refractivity contribution in [2.24, 2.45) is 0 Å². The largest absolute Gasteiger partial charge is 0.491 e. The Morgan fingerprint density at radius 3 is 2.77 bits per heavy atom. The Morgan fingerprint density at radius 1 is 1.23 bits per heavy atom. The zero-order valence-corrected chi connectivity index (χ0v) is 22.7. The third-order valence-corrected chi connectivity index (χ3v) is 6.62. The number of hydrogen-bond acceptors (Lipinski definition) is 10. The molecule has 212 valence electrons. The second-order valence-electron chi connectivity index (χ2n) is 9.61. The van der Waals surface area contributed by atoms with Gasteiger partial charge >= 0.3 is 0 Å². The van der Waals surface area contributed by atoms with Gasteiger partial charge in [-0.2, -0.15) is 0 Å². The fraction of sp³-hybridized carbons (Fsp3) is 0.519. The average Bonchev–Trinajstić information content (AvgIpc) is 3.25. The molecule has 2 atom stereocenters. The Labute approximate surface area is 226 Å². The van der Waals surface area contributed by atoms with Gasteiger partial charge in [0.05, 0.1) is 42.8 Å². The predicted octanol–water partition coefficient (Wildman–Crippen LogP) is 3.06. The molecule has 1 aliphatic rings. The van der Waals surface area contributed by atoms with Crippen LogP contribution in [-0.4, -0.2) is 96.7 Å². The van der Waals surface area contributed by atoms with Crippen molar-refractivity contribution in [3.05, 3.63) is 41.3 Å². The standard InChI is InChI=1S/C27H36F2N6O4/c1-16-25(24-17(2)34-39-18(24)3)32-27(19-6-5-7-22(10-19)38-15-21(36)12-30-4)33-26(16)31-11-20-14-37-9-8-35(20)13-23(28)29/h5-7,10,20-21,23,30,36H,8-9,11-15H2,1-4H3,(H,31,32,33). The van der Waals surface area contributed by atoms with Crippen LogP contribution in [0.15, 0.2) is 28.8 Å². The van der Waals surface area contributed by atoms with Crippen LogP contribution in [0.1, 0.15) is 17.0 Å². The molecule has 0 bridgehead atoms. The van der Waals surface area contributed by atoms with E-state index in [0.29, 0.717) is 73.0 Å². The van der Waals surface area contributed by atoms with Crippen molar-refractivity contribution < 1.29 is 27.9 Å². The highest BCUT2D eigenvalue weighted by molar-refractivity contribution is 5.74. The highest BCUT2D eigenvalue weighted by Gasteiger charge is 2.26. The van der Waals surface area contributed by atoms with Crippen molar-refractivity contribution in [3.63, 3.8) is 0 Å². The van der Waals surface area contributed by atoms with Gasteiger partial charge in [-0.1, -0.05) is 17.3 Å². The number of benzene rings is 1. The number of nitrogens with one attached hydrogen (secondary N) is 2. The quantitative estimate of drug-likeness (QED) is 0.313. The van der Waals surface area contributed by atoms with E-state index >= 15 is 0 Å². The molecule has 0 aliphatic carbocycles. The number of nitrogens with zero attached hydrogens (tertiary/aromatic N) is 4. The number of rotatable bonds is 12. The van der Waals surface area contributed by atoms with Gasteiger partial charge in [0.2, 0.25) is 0 Å². The third-order valence-electron chi connectivity index (χ3n) is 6.62. The number of alkyl halides is 2. The van der Waals surface area contributed by atoms with E-state index in [4.69, 9.17) is 24.0 Å². The Kier molecular flexibility index (Phi) is 9.78. The zero-order valence-electron chi connectivity index (χ0n) is 22.7. The maximum absolute atomic E-state index is 13.2. The van der Waals surface area contributed by atoms with Gasteiger partial charge in [-0.3, -0.25) is 4.90 Å². The molecular formula is C27H36F2N6O4. The summed E-state index contributed by atoms with van der Waals surface area (Å²) in [5, 5.41) is 20.4. The Balaban J connectivity index is 1.66.